The van der Waals surface area contributed by atoms with E-state index in [2.05, 4.69) is 21.3 Å². The van der Waals surface area contributed by atoms with Crippen molar-refractivity contribution in [2.45, 2.75) is 219 Å². The number of hydrogen-bond donors (Lipinski definition) is 4. The molecular weight excluding hydrogens is 1220 g/mol. The van der Waals surface area contributed by atoms with E-state index in [1.165, 1.54) is 73.0 Å². The molecular formula is C65H103F6N11O11. The SMILES string of the molecule is CC(C)C[C@H]1C(=O)N[C@@H](C2CCCCC2)C(=O)N(C)CC(=O)N(C)CC(=O)N(C)[C@@H](CCCCC(F)F)C(=O)N(C)CC(=O)N[C@@H](CCc2ccc(C(F)(F)F)c(F)c2)C(=O)N(C)[C@@H](CC(C)C)C(=O)NC(C)(C)C(=O)N(C)[C@@H](CC(C)C)C(=O)N[C@H](C)CC(=O)N1C. The maximum Gasteiger partial charge on any atom is 0.419 e. The maximum absolute atomic E-state index is 14.9. The Morgan fingerprint density at radius 3 is 1.62 bits per heavy atom. The summed E-state index contributed by atoms with van der Waals surface area (Å²) < 4.78 is 82.4. The maximum atomic E-state index is 14.9. The van der Waals surface area contributed by atoms with Gasteiger partial charge in [-0.3, -0.25) is 52.7 Å². The molecule has 2 fully saturated rings. The predicted octanol–water partition coefficient (Wildman–Crippen LogP) is 5.78. The molecule has 526 valence electrons. The van der Waals surface area contributed by atoms with E-state index in [9.17, 15) is 79.1 Å². The largest absolute Gasteiger partial charge is 0.419 e. The van der Waals surface area contributed by atoms with Gasteiger partial charge in [0.1, 0.15) is 47.6 Å². The lowest BCUT2D eigenvalue weighted by Crippen LogP contribution is -2.63. The molecule has 28 heteroatoms. The van der Waals surface area contributed by atoms with Crippen molar-refractivity contribution in [1.82, 2.24) is 55.6 Å². The van der Waals surface area contributed by atoms with Gasteiger partial charge in [0.25, 0.3) is 0 Å². The van der Waals surface area contributed by atoms with Crippen molar-refractivity contribution in [3.63, 3.8) is 0 Å². The van der Waals surface area contributed by atoms with Gasteiger partial charge in [-0.25, -0.2) is 13.2 Å². The smallest absolute Gasteiger partial charge is 0.351 e. The van der Waals surface area contributed by atoms with E-state index in [4.69, 9.17) is 0 Å². The Kier molecular flexibility index (Phi) is 31.1. The minimum absolute atomic E-state index is 0.000772. The number of hydrogen-bond acceptors (Lipinski definition) is 11. The Morgan fingerprint density at radius 2 is 1.09 bits per heavy atom. The zero-order chi connectivity index (χ0) is 70.7. The second-order valence-corrected chi connectivity index (χ2v) is 27.2. The molecule has 0 aromatic heterocycles. The average molecular weight is 1330 g/mol. The second-order valence-electron chi connectivity index (χ2n) is 27.2. The summed E-state index contributed by atoms with van der Waals surface area (Å²) in [7, 11) is 9.20. The summed E-state index contributed by atoms with van der Waals surface area (Å²) in [5.41, 5.74) is -3.33. The highest BCUT2D eigenvalue weighted by Crippen LogP contribution is 2.33. The number of carbonyl (C=O) groups excluding carboxylic acids is 11. The number of alkyl halides is 5. The van der Waals surface area contributed by atoms with Crippen LogP contribution in [0.25, 0.3) is 0 Å². The molecule has 1 aliphatic carbocycles. The Balaban J connectivity index is 2.23. The van der Waals surface area contributed by atoms with Crippen LogP contribution in [0.3, 0.4) is 0 Å². The molecule has 1 heterocycles. The summed E-state index contributed by atoms with van der Waals surface area (Å²) in [5.74, 6) is -10.8. The van der Waals surface area contributed by atoms with E-state index >= 15 is 0 Å². The van der Waals surface area contributed by atoms with Gasteiger partial charge in [-0.1, -0.05) is 73.3 Å². The van der Waals surface area contributed by atoms with Gasteiger partial charge in [-0.05, 0) is 120 Å². The third-order valence-electron chi connectivity index (χ3n) is 17.3. The molecule has 0 unspecified atom stereocenters. The lowest BCUT2D eigenvalue weighted by Gasteiger charge is -2.38. The van der Waals surface area contributed by atoms with Gasteiger partial charge < -0.3 is 55.6 Å². The van der Waals surface area contributed by atoms with Crippen LogP contribution in [-0.2, 0) is 65.3 Å². The monoisotopic (exact) mass is 1330 g/mol. The number of likely N-dealkylation sites (N-methyl/N-ethyl adjacent to an activating group) is 7. The Hall–Kier alpha value is -7.03. The first-order valence-corrected chi connectivity index (χ1v) is 32.2. The van der Waals surface area contributed by atoms with Gasteiger partial charge in [0.05, 0.1) is 25.2 Å². The molecule has 1 aromatic carbocycles. The van der Waals surface area contributed by atoms with E-state index in [0.717, 1.165) is 49.8 Å². The van der Waals surface area contributed by atoms with Crippen LogP contribution in [0.2, 0.25) is 0 Å². The molecule has 3 rings (SSSR count). The van der Waals surface area contributed by atoms with Crippen molar-refractivity contribution in [3.05, 3.63) is 35.1 Å². The molecule has 1 saturated heterocycles. The number of unbranched alkanes of at least 4 members (excludes halogenated alkanes) is 1. The third-order valence-corrected chi connectivity index (χ3v) is 17.3. The van der Waals surface area contributed by atoms with Gasteiger partial charge in [0.2, 0.25) is 71.4 Å². The Bertz CT molecular complexity index is 2760. The average Bonchev–Trinajstić information content (AvgIpc) is 0.847. The molecule has 0 bridgehead atoms. The van der Waals surface area contributed by atoms with Crippen molar-refractivity contribution >= 4 is 65.0 Å². The summed E-state index contributed by atoms with van der Waals surface area (Å²) in [4.78, 5) is 166. The van der Waals surface area contributed by atoms with E-state index in [1.54, 1.807) is 20.8 Å². The first kappa shape index (κ1) is 80.2. The quantitative estimate of drug-likeness (QED) is 0.121. The number of benzene rings is 1. The van der Waals surface area contributed by atoms with Gasteiger partial charge in [0.15, 0.2) is 0 Å². The van der Waals surface area contributed by atoms with Crippen LogP contribution in [-0.4, -0.2) is 223 Å². The first-order valence-electron chi connectivity index (χ1n) is 32.2. The minimum atomic E-state index is -5.03. The summed E-state index contributed by atoms with van der Waals surface area (Å²) in [6.45, 7) is 13.2. The van der Waals surface area contributed by atoms with Crippen molar-refractivity contribution in [3.8, 4) is 0 Å². The topological polar surface area (TPSA) is 259 Å². The summed E-state index contributed by atoms with van der Waals surface area (Å²) >= 11 is 0. The van der Waals surface area contributed by atoms with Crippen molar-refractivity contribution in [2.24, 2.45) is 23.7 Å². The van der Waals surface area contributed by atoms with Crippen molar-refractivity contribution < 1.29 is 79.1 Å². The number of rotatable bonds is 15. The molecule has 93 heavy (non-hydrogen) atoms. The van der Waals surface area contributed by atoms with Crippen LogP contribution in [0.5, 0.6) is 0 Å². The molecule has 0 spiro atoms. The summed E-state index contributed by atoms with van der Waals surface area (Å²) in [6.07, 6.45) is -5.68. The molecule has 1 aliphatic heterocycles. The number of nitrogens with one attached hydrogen (secondary N) is 4. The number of halogens is 6. The van der Waals surface area contributed by atoms with Crippen LogP contribution in [0.15, 0.2) is 18.2 Å². The molecule has 0 radical (unpaired) electrons. The van der Waals surface area contributed by atoms with E-state index in [-0.39, 0.29) is 80.6 Å². The fraction of sp³-hybridized carbons (Fsp3) is 0.738. The number of amides is 11. The lowest BCUT2D eigenvalue weighted by molar-refractivity contribution is -0.149. The zero-order valence-electron chi connectivity index (χ0n) is 57.3. The van der Waals surface area contributed by atoms with Gasteiger partial charge in [-0.2, -0.15) is 13.2 Å². The van der Waals surface area contributed by atoms with Crippen LogP contribution in [0.1, 0.15) is 163 Å². The van der Waals surface area contributed by atoms with Gasteiger partial charge in [-0.15, -0.1) is 0 Å². The molecule has 1 aromatic rings. The fourth-order valence-electron chi connectivity index (χ4n) is 11.8. The number of nitrogens with zero attached hydrogens (tertiary/aromatic N) is 7. The van der Waals surface area contributed by atoms with Gasteiger partial charge in [0, 0.05) is 68.2 Å². The van der Waals surface area contributed by atoms with Crippen molar-refractivity contribution in [2.75, 3.05) is 69.0 Å². The third kappa shape index (κ3) is 24.4. The van der Waals surface area contributed by atoms with E-state index in [1.807, 2.05) is 27.7 Å². The highest BCUT2D eigenvalue weighted by atomic mass is 19.4. The second kappa shape index (κ2) is 36.0. The number of carbonyl (C=O) groups is 11. The molecule has 1 saturated carbocycles. The van der Waals surface area contributed by atoms with E-state index < -0.39 is 169 Å². The van der Waals surface area contributed by atoms with Crippen LogP contribution in [0.4, 0.5) is 26.3 Å². The Morgan fingerprint density at radius 1 is 0.570 bits per heavy atom. The molecule has 22 nitrogen and oxygen atoms in total. The van der Waals surface area contributed by atoms with E-state index in [0.29, 0.717) is 25.0 Å². The minimum Gasteiger partial charge on any atom is -0.351 e. The number of aryl methyl sites for hydroxylation is 1. The molecule has 7 atom stereocenters. The summed E-state index contributed by atoms with van der Waals surface area (Å²) in [6, 6.07) is -6.49. The molecule has 4 N–H and O–H groups in total. The lowest BCUT2D eigenvalue weighted by atomic mass is 9.83. The zero-order valence-corrected chi connectivity index (χ0v) is 57.3. The highest BCUT2D eigenvalue weighted by Gasteiger charge is 2.43. The molecule has 11 amide bonds. The van der Waals surface area contributed by atoms with Crippen LogP contribution in [0, 0.1) is 29.5 Å². The van der Waals surface area contributed by atoms with Crippen LogP contribution < -0.4 is 21.3 Å². The highest BCUT2D eigenvalue weighted by molar-refractivity contribution is 5.98. The molecule has 2 aliphatic rings. The predicted molar refractivity (Wildman–Crippen MR) is 337 cm³/mol. The Labute approximate surface area is 544 Å². The normalized spacial score (nSPS) is 24.3. The standard InChI is InChI=1S/C65H103F6N11O11/c1-38(2)30-48-58(88)74-56(43-22-18-17-19-23-43)62(92)78(12)36-54(85)76(10)37-55(86)79(13)47(24-20-21-25-51(67)68)61(91)77(11)35-52(83)73-46(29-27-42-26-28-44(45(66)34-42)65(69,70)71)60(90)81(15)50(32-40(5)6)59(89)75-64(8,9)63(93)82(16)49(31-39(3)4)57(87)72-41(7)33-53(84)80(48)14/h26,28,34,38-41,43,46-51,56H,17-25,27,29-33,35-37H2,1-16H3,(H,72,87)(H,73,83)(H,74,88)(H,75,89)/t41-,46+,47+,48+,49+,50+,56+/m1/s1. The first-order chi connectivity index (χ1) is 43.1. The van der Waals surface area contributed by atoms with Crippen molar-refractivity contribution in [1.29, 1.82) is 0 Å². The van der Waals surface area contributed by atoms with Crippen LogP contribution >= 0.6 is 0 Å². The summed E-state index contributed by atoms with van der Waals surface area (Å²) in [5, 5.41) is 11.1. The fourth-order valence-corrected chi connectivity index (χ4v) is 11.8. The van der Waals surface area contributed by atoms with Gasteiger partial charge >= 0.3 is 6.18 Å².